The number of fused-ring (bicyclic) bond motifs is 4. The van der Waals surface area contributed by atoms with Gasteiger partial charge in [0.1, 0.15) is 17.9 Å². The van der Waals surface area contributed by atoms with Crippen molar-refractivity contribution in [1.29, 1.82) is 0 Å². The van der Waals surface area contributed by atoms with Crippen molar-refractivity contribution in [1.82, 2.24) is 4.57 Å². The number of ether oxygens (including phenoxy) is 2. The number of halogens is 1. The van der Waals surface area contributed by atoms with Crippen LogP contribution in [0.3, 0.4) is 0 Å². The van der Waals surface area contributed by atoms with Crippen molar-refractivity contribution in [2.45, 2.75) is 5.92 Å². The van der Waals surface area contributed by atoms with Crippen molar-refractivity contribution in [2.24, 2.45) is 7.05 Å². The van der Waals surface area contributed by atoms with Crippen LogP contribution in [0.15, 0.2) is 84.9 Å². The summed E-state index contributed by atoms with van der Waals surface area (Å²) in [4.78, 5) is 25.0. The first kappa shape index (κ1) is 25.9. The minimum atomic E-state index is -0.602. The first-order chi connectivity index (χ1) is 19.4. The van der Waals surface area contributed by atoms with Crippen molar-refractivity contribution >= 4 is 51.2 Å². The number of aromatic hydroxyl groups is 1. The molecule has 0 spiro atoms. The van der Waals surface area contributed by atoms with Gasteiger partial charge in [0.25, 0.3) is 0 Å². The summed E-state index contributed by atoms with van der Waals surface area (Å²) in [5.74, 6) is -0.767. The summed E-state index contributed by atoms with van der Waals surface area (Å²) >= 11 is 2.23. The van der Waals surface area contributed by atoms with E-state index in [-0.39, 0.29) is 23.8 Å². The highest BCUT2D eigenvalue weighted by atomic mass is 127. The van der Waals surface area contributed by atoms with Crippen molar-refractivity contribution in [3.05, 3.63) is 105 Å². The number of nitrogens with zero attached hydrogens (tertiary/aromatic N) is 1. The lowest BCUT2D eigenvalue weighted by Gasteiger charge is -2.15. The molecular weight excluding hydrogens is 619 g/mol. The number of hydrogen-bond donors (Lipinski definition) is 2. The van der Waals surface area contributed by atoms with E-state index in [9.17, 15) is 14.7 Å². The number of aromatic nitrogens is 1. The number of nitrogens with one attached hydrogen (secondary N) is 1. The van der Waals surface area contributed by atoms with Crippen LogP contribution in [0.2, 0.25) is 0 Å². The van der Waals surface area contributed by atoms with Gasteiger partial charge in [0.15, 0.2) is 0 Å². The number of carbonyl (C=O) groups is 2. The summed E-state index contributed by atoms with van der Waals surface area (Å²) in [5.41, 5.74) is 7.87. The molecule has 8 heteroatoms. The van der Waals surface area contributed by atoms with E-state index in [1.807, 2.05) is 60.1 Å². The van der Waals surface area contributed by atoms with Crippen molar-refractivity contribution in [3.8, 4) is 28.1 Å². The SMILES string of the molecule is COC(=O)c1cc2c(I)c(-c3cccc(NC(=O)OCC4c5ccccc5-c5ccccc54)c3)n(C)c2cc1O. The van der Waals surface area contributed by atoms with Crippen molar-refractivity contribution < 1.29 is 24.2 Å². The van der Waals surface area contributed by atoms with Crippen LogP contribution < -0.4 is 5.32 Å². The predicted octanol–water partition coefficient (Wildman–Crippen LogP) is 7.30. The minimum Gasteiger partial charge on any atom is -0.507 e. The number of anilines is 1. The molecule has 0 aliphatic heterocycles. The molecule has 0 atom stereocenters. The van der Waals surface area contributed by atoms with Crippen molar-refractivity contribution in [2.75, 3.05) is 19.0 Å². The molecular formula is C32H25IN2O5. The Morgan fingerprint density at radius 2 is 1.62 bits per heavy atom. The van der Waals surface area contributed by atoms with Gasteiger partial charge in [-0.25, -0.2) is 9.59 Å². The van der Waals surface area contributed by atoms with E-state index < -0.39 is 12.1 Å². The molecule has 0 saturated carbocycles. The van der Waals surface area contributed by atoms with Gasteiger partial charge in [-0.3, -0.25) is 5.32 Å². The molecule has 0 bridgehead atoms. The Kier molecular flexibility index (Phi) is 6.71. The minimum absolute atomic E-state index is 0.0202. The molecule has 1 heterocycles. The second-order valence-corrected chi connectivity index (χ2v) is 10.7. The second-order valence-electron chi connectivity index (χ2n) is 9.63. The zero-order valence-corrected chi connectivity index (χ0v) is 23.9. The van der Waals surface area contributed by atoms with Crippen LogP contribution in [0.25, 0.3) is 33.3 Å². The van der Waals surface area contributed by atoms with Crippen LogP contribution >= 0.6 is 22.6 Å². The van der Waals surface area contributed by atoms with E-state index in [1.54, 1.807) is 12.1 Å². The van der Waals surface area contributed by atoms with Crippen LogP contribution in [0.1, 0.15) is 27.4 Å². The highest BCUT2D eigenvalue weighted by Crippen LogP contribution is 2.44. The first-order valence-corrected chi connectivity index (χ1v) is 13.8. The van der Waals surface area contributed by atoms with Gasteiger partial charge in [0, 0.05) is 39.2 Å². The van der Waals surface area contributed by atoms with Crippen LogP contribution in [0, 0.1) is 3.57 Å². The molecule has 4 aromatic carbocycles. The number of esters is 1. The maximum Gasteiger partial charge on any atom is 0.411 e. The Labute approximate surface area is 244 Å². The molecule has 6 rings (SSSR count). The first-order valence-electron chi connectivity index (χ1n) is 12.7. The predicted molar refractivity (Wildman–Crippen MR) is 163 cm³/mol. The molecule has 0 fully saturated rings. The molecule has 40 heavy (non-hydrogen) atoms. The Bertz CT molecular complexity index is 1760. The molecule has 2 N–H and O–H groups in total. The third kappa shape index (κ3) is 4.38. The molecule has 200 valence electrons. The van der Waals surface area contributed by atoms with E-state index in [1.165, 1.54) is 18.2 Å². The summed E-state index contributed by atoms with van der Waals surface area (Å²) in [7, 11) is 3.17. The maximum atomic E-state index is 12.9. The monoisotopic (exact) mass is 644 g/mol. The summed E-state index contributed by atoms with van der Waals surface area (Å²) in [6.45, 7) is 0.229. The molecule has 1 aromatic heterocycles. The number of methoxy groups -OCH3 is 1. The van der Waals surface area contributed by atoms with Gasteiger partial charge in [-0.15, -0.1) is 0 Å². The third-order valence-corrected chi connectivity index (χ3v) is 8.48. The summed E-state index contributed by atoms with van der Waals surface area (Å²) in [6.07, 6.45) is -0.529. The molecule has 7 nitrogen and oxygen atoms in total. The number of phenols is 1. The standard InChI is InChI=1S/C32H25IN2O5/c1-35-27-16-28(36)25(31(37)39-2)15-24(27)29(33)30(35)18-8-7-9-19(14-18)34-32(38)40-17-26-22-12-5-3-10-20(22)21-11-4-6-13-23(21)26/h3-16,26,36H,17H2,1-2H3,(H,34,38). The van der Waals surface area contributed by atoms with Gasteiger partial charge in [-0.2, -0.15) is 0 Å². The zero-order valence-electron chi connectivity index (χ0n) is 21.8. The summed E-state index contributed by atoms with van der Waals surface area (Å²) in [6, 6.07) is 27.1. The third-order valence-electron chi connectivity index (χ3n) is 7.39. The molecule has 1 aliphatic rings. The fourth-order valence-corrected chi connectivity index (χ4v) is 6.62. The Morgan fingerprint density at radius 1 is 0.950 bits per heavy atom. The van der Waals surface area contributed by atoms with Crippen LogP contribution in [0.4, 0.5) is 10.5 Å². The van der Waals surface area contributed by atoms with Crippen LogP contribution in [-0.4, -0.2) is 35.5 Å². The lowest BCUT2D eigenvalue weighted by atomic mass is 9.98. The number of aryl methyl sites for hydroxylation is 1. The number of carbonyl (C=O) groups excluding carboxylic acids is 2. The molecule has 0 radical (unpaired) electrons. The van der Waals surface area contributed by atoms with Gasteiger partial charge in [0.05, 0.1) is 18.3 Å². The van der Waals surface area contributed by atoms with E-state index in [4.69, 9.17) is 9.47 Å². The molecule has 1 aliphatic carbocycles. The smallest absolute Gasteiger partial charge is 0.411 e. The Balaban J connectivity index is 1.23. The van der Waals surface area contributed by atoms with E-state index >= 15 is 0 Å². The quantitative estimate of drug-likeness (QED) is 0.155. The summed E-state index contributed by atoms with van der Waals surface area (Å²) < 4.78 is 13.4. The van der Waals surface area contributed by atoms with Gasteiger partial charge in [-0.1, -0.05) is 60.7 Å². The maximum absolute atomic E-state index is 12.9. The van der Waals surface area contributed by atoms with Crippen molar-refractivity contribution in [3.63, 3.8) is 0 Å². The number of hydrogen-bond acceptors (Lipinski definition) is 5. The van der Waals surface area contributed by atoms with Gasteiger partial charge in [-0.05, 0) is 63.0 Å². The van der Waals surface area contributed by atoms with Gasteiger partial charge < -0.3 is 19.1 Å². The zero-order chi connectivity index (χ0) is 28.0. The number of benzene rings is 4. The lowest BCUT2D eigenvalue weighted by molar-refractivity contribution is 0.0597. The highest BCUT2D eigenvalue weighted by molar-refractivity contribution is 14.1. The average molecular weight is 644 g/mol. The fourth-order valence-electron chi connectivity index (χ4n) is 5.52. The topological polar surface area (TPSA) is 89.8 Å². The van der Waals surface area contributed by atoms with Gasteiger partial charge in [0.2, 0.25) is 0 Å². The Morgan fingerprint density at radius 3 is 2.30 bits per heavy atom. The van der Waals surface area contributed by atoms with Crippen LogP contribution in [-0.2, 0) is 16.5 Å². The molecule has 0 unspecified atom stereocenters. The normalized spacial score (nSPS) is 12.2. The van der Waals surface area contributed by atoms with E-state index in [2.05, 4.69) is 52.2 Å². The number of amides is 1. The highest BCUT2D eigenvalue weighted by Gasteiger charge is 2.29. The largest absolute Gasteiger partial charge is 0.507 e. The fraction of sp³-hybridized carbons (Fsp3) is 0.125. The molecule has 1 amide bonds. The Hall–Kier alpha value is -4.31. The van der Waals surface area contributed by atoms with E-state index in [0.717, 1.165) is 36.9 Å². The summed E-state index contributed by atoms with van der Waals surface area (Å²) in [5, 5.41) is 14.1. The lowest BCUT2D eigenvalue weighted by Crippen LogP contribution is -2.17. The number of rotatable bonds is 5. The average Bonchev–Trinajstić information content (AvgIpc) is 3.41. The second kappa shape index (κ2) is 10.3. The van der Waals surface area contributed by atoms with Crippen LogP contribution in [0.5, 0.6) is 5.75 Å². The van der Waals surface area contributed by atoms with Gasteiger partial charge >= 0.3 is 12.1 Å². The molecule has 0 saturated heterocycles. The number of phenolic OH excluding ortho intramolecular Hbond substituents is 1. The molecule has 5 aromatic rings. The van der Waals surface area contributed by atoms with E-state index in [0.29, 0.717) is 5.69 Å².